The number of fused-ring (bicyclic) bond motifs is 1. The molecular weight excluding hydrogens is 354 g/mol. The zero-order valence-electron chi connectivity index (χ0n) is 15.1. The van der Waals surface area contributed by atoms with Crippen LogP contribution < -0.4 is 0 Å². The molecule has 2 aromatic heterocycles. The van der Waals surface area contributed by atoms with Crippen molar-refractivity contribution in [3.05, 3.63) is 27.7 Å². The molecule has 8 nitrogen and oxygen atoms in total. The maximum absolute atomic E-state index is 12.2. The van der Waals surface area contributed by atoms with E-state index >= 15 is 0 Å². The fraction of sp³-hybridized carbons (Fsp3) is 0.647. The van der Waals surface area contributed by atoms with Gasteiger partial charge in [-0.2, -0.15) is 0 Å². The number of hydrogen-bond donors (Lipinski definition) is 0. The van der Waals surface area contributed by atoms with Crippen LogP contribution in [0.25, 0.3) is 0 Å². The van der Waals surface area contributed by atoms with Gasteiger partial charge in [-0.05, 0) is 20.3 Å². The minimum Gasteiger partial charge on any atom is -0.372 e. The third-order valence-electron chi connectivity index (χ3n) is 4.93. The van der Waals surface area contributed by atoms with Crippen LogP contribution in [-0.2, 0) is 33.8 Å². The zero-order valence-corrected chi connectivity index (χ0v) is 15.9. The molecule has 4 heterocycles. The van der Waals surface area contributed by atoms with Crippen LogP contribution in [0.5, 0.6) is 0 Å². The van der Waals surface area contributed by atoms with Gasteiger partial charge in [0, 0.05) is 24.2 Å². The van der Waals surface area contributed by atoms with Crippen LogP contribution in [0.1, 0.15) is 35.7 Å². The highest BCUT2D eigenvalue weighted by Gasteiger charge is 2.44. The minimum atomic E-state index is -0.356. The van der Waals surface area contributed by atoms with Gasteiger partial charge >= 0.3 is 0 Å². The van der Waals surface area contributed by atoms with Crippen molar-refractivity contribution >= 4 is 17.2 Å². The Bertz CT molecular complexity index is 804. The molecule has 0 radical (unpaired) electrons. The van der Waals surface area contributed by atoms with Gasteiger partial charge in [0.05, 0.1) is 19.5 Å². The Kier molecular flexibility index (Phi) is 4.76. The fourth-order valence-electron chi connectivity index (χ4n) is 3.55. The number of aryl methyl sites for hydroxylation is 1. The summed E-state index contributed by atoms with van der Waals surface area (Å²) in [5.41, 5.74) is 0.674. The van der Waals surface area contributed by atoms with Gasteiger partial charge in [-0.3, -0.25) is 4.79 Å². The number of carbonyl (C=O) groups excluding carboxylic acids is 1. The maximum atomic E-state index is 12.2. The first-order chi connectivity index (χ1) is 12.6. The second-order valence-corrected chi connectivity index (χ2v) is 7.79. The van der Waals surface area contributed by atoms with Crippen molar-refractivity contribution < 1.29 is 14.3 Å². The number of nitrogens with zero attached hydrogens (tertiary/aromatic N) is 5. The van der Waals surface area contributed by atoms with Crippen molar-refractivity contribution in [1.29, 1.82) is 0 Å². The normalized spacial score (nSPS) is 22.2. The summed E-state index contributed by atoms with van der Waals surface area (Å²) in [5.74, 6) is 1.79. The van der Waals surface area contributed by atoms with Gasteiger partial charge in [0.25, 0.3) is 0 Å². The zero-order chi connectivity index (χ0) is 18.1. The predicted molar refractivity (Wildman–Crippen MR) is 94.9 cm³/mol. The molecule has 4 rings (SSSR count). The second-order valence-electron chi connectivity index (χ2n) is 6.85. The van der Waals surface area contributed by atoms with E-state index in [-0.39, 0.29) is 18.1 Å². The lowest BCUT2D eigenvalue weighted by molar-refractivity contribution is -0.137. The highest BCUT2D eigenvalue weighted by molar-refractivity contribution is 7.09. The van der Waals surface area contributed by atoms with Crippen molar-refractivity contribution in [2.24, 2.45) is 0 Å². The Morgan fingerprint density at radius 1 is 1.42 bits per heavy atom. The minimum absolute atomic E-state index is 0.0281. The van der Waals surface area contributed by atoms with E-state index in [0.29, 0.717) is 39.3 Å². The van der Waals surface area contributed by atoms with Crippen LogP contribution in [0.4, 0.5) is 0 Å². The van der Waals surface area contributed by atoms with Gasteiger partial charge in [-0.1, -0.05) is 0 Å². The average Bonchev–Trinajstić information content (AvgIpc) is 3.34. The van der Waals surface area contributed by atoms with Gasteiger partial charge in [0.2, 0.25) is 5.91 Å². The molecule has 0 saturated carbocycles. The Morgan fingerprint density at radius 2 is 2.31 bits per heavy atom. The molecule has 9 heteroatoms. The summed E-state index contributed by atoms with van der Waals surface area (Å²) in [6.45, 7) is 6.96. The van der Waals surface area contributed by atoms with E-state index in [4.69, 9.17) is 9.47 Å². The van der Waals surface area contributed by atoms with E-state index in [0.717, 1.165) is 28.8 Å². The number of thiazole rings is 1. The molecule has 1 spiro atoms. The maximum Gasteiger partial charge on any atom is 0.248 e. The van der Waals surface area contributed by atoms with Crippen molar-refractivity contribution in [2.75, 3.05) is 26.3 Å². The van der Waals surface area contributed by atoms with Gasteiger partial charge < -0.3 is 18.9 Å². The summed E-state index contributed by atoms with van der Waals surface area (Å²) in [6.07, 6.45) is 1.49. The topological polar surface area (TPSA) is 82.4 Å². The van der Waals surface area contributed by atoms with Crippen LogP contribution in [0.3, 0.4) is 0 Å². The summed E-state index contributed by atoms with van der Waals surface area (Å²) >= 11 is 1.64. The molecule has 1 atom stereocenters. The van der Waals surface area contributed by atoms with Crippen molar-refractivity contribution in [2.45, 2.75) is 45.4 Å². The molecule has 1 fully saturated rings. The van der Waals surface area contributed by atoms with Gasteiger partial charge in [0.15, 0.2) is 5.82 Å². The van der Waals surface area contributed by atoms with Crippen molar-refractivity contribution in [3.63, 3.8) is 0 Å². The van der Waals surface area contributed by atoms with Gasteiger partial charge in [-0.25, -0.2) is 4.98 Å². The summed E-state index contributed by atoms with van der Waals surface area (Å²) in [7, 11) is 0. The number of carbonyl (C=O) groups is 1. The Balaban J connectivity index is 1.47. The number of ether oxygens (including phenoxy) is 2. The summed E-state index contributed by atoms with van der Waals surface area (Å²) in [6, 6.07) is 0. The third kappa shape index (κ3) is 3.38. The van der Waals surface area contributed by atoms with E-state index in [1.165, 1.54) is 0 Å². The smallest absolute Gasteiger partial charge is 0.248 e. The molecule has 140 valence electrons. The van der Waals surface area contributed by atoms with Crippen LogP contribution in [0.15, 0.2) is 5.38 Å². The molecule has 0 N–H and O–H groups in total. The molecule has 26 heavy (non-hydrogen) atoms. The Labute approximate surface area is 156 Å². The number of aromatic nitrogens is 4. The Morgan fingerprint density at radius 3 is 3.08 bits per heavy atom. The molecule has 2 aromatic rings. The molecule has 1 saturated heterocycles. The van der Waals surface area contributed by atoms with E-state index < -0.39 is 0 Å². The molecular formula is C17H23N5O3S. The first kappa shape index (κ1) is 17.6. The predicted octanol–water partition coefficient (Wildman–Crippen LogP) is 1.17. The highest BCUT2D eigenvalue weighted by atomic mass is 32.1. The van der Waals surface area contributed by atoms with Crippen molar-refractivity contribution in [3.8, 4) is 0 Å². The number of rotatable bonds is 5. The standard InChI is InChI=1S/C17H23N5O3S/c1-3-24-8-16(23)21-5-4-17(10-21)11-22-13(19-20-14(22)7-25-17)6-15-18-12(2)9-26-15/h9H,3-8,10-11H2,1-2H3. The van der Waals surface area contributed by atoms with Gasteiger partial charge in [0.1, 0.15) is 29.6 Å². The molecule has 2 aliphatic heterocycles. The fourth-order valence-corrected chi connectivity index (χ4v) is 4.32. The molecule has 0 aliphatic carbocycles. The third-order valence-corrected chi connectivity index (χ3v) is 5.90. The summed E-state index contributed by atoms with van der Waals surface area (Å²) in [4.78, 5) is 18.6. The lowest BCUT2D eigenvalue weighted by Gasteiger charge is -2.34. The Hall–Kier alpha value is -1.84. The van der Waals surface area contributed by atoms with Gasteiger partial charge in [-0.15, -0.1) is 21.5 Å². The number of amides is 1. The molecule has 1 unspecified atom stereocenters. The highest BCUT2D eigenvalue weighted by Crippen LogP contribution is 2.33. The largest absolute Gasteiger partial charge is 0.372 e. The van der Waals surface area contributed by atoms with E-state index in [2.05, 4.69) is 19.7 Å². The first-order valence-electron chi connectivity index (χ1n) is 8.90. The number of likely N-dealkylation sites (tertiary alicyclic amines) is 1. The monoisotopic (exact) mass is 377 g/mol. The molecule has 2 aliphatic rings. The van der Waals surface area contributed by atoms with Crippen LogP contribution in [0, 0.1) is 6.92 Å². The average molecular weight is 377 g/mol. The first-order valence-corrected chi connectivity index (χ1v) is 9.78. The second kappa shape index (κ2) is 7.05. The van der Waals surface area contributed by atoms with Crippen LogP contribution >= 0.6 is 11.3 Å². The number of hydrogen-bond acceptors (Lipinski definition) is 7. The van der Waals surface area contributed by atoms with E-state index in [1.807, 2.05) is 24.1 Å². The van der Waals surface area contributed by atoms with Crippen molar-refractivity contribution in [1.82, 2.24) is 24.6 Å². The van der Waals surface area contributed by atoms with E-state index in [9.17, 15) is 4.79 Å². The molecule has 0 bridgehead atoms. The molecule has 0 aromatic carbocycles. The van der Waals surface area contributed by atoms with E-state index in [1.54, 1.807) is 11.3 Å². The lowest BCUT2D eigenvalue weighted by Crippen LogP contribution is -2.45. The quantitative estimate of drug-likeness (QED) is 0.778. The van der Waals surface area contributed by atoms with Crippen LogP contribution in [0.2, 0.25) is 0 Å². The summed E-state index contributed by atoms with van der Waals surface area (Å²) < 4.78 is 13.5. The molecule has 1 amide bonds. The SMILES string of the molecule is CCOCC(=O)N1CCC2(C1)Cn1c(nnc1Cc1nc(C)cs1)CO2. The van der Waals surface area contributed by atoms with Crippen LogP contribution in [-0.4, -0.2) is 62.5 Å². The lowest BCUT2D eigenvalue weighted by atomic mass is 10.0. The summed E-state index contributed by atoms with van der Waals surface area (Å²) in [5, 5.41) is 11.7.